The number of rotatable bonds is 1. The molecule has 0 aromatic heterocycles. The van der Waals surface area contributed by atoms with Gasteiger partial charge in [-0.05, 0) is 17.3 Å². The van der Waals surface area contributed by atoms with Gasteiger partial charge in [0, 0.05) is 25.1 Å². The summed E-state index contributed by atoms with van der Waals surface area (Å²) in [6, 6.07) is 9.58. The van der Waals surface area contributed by atoms with Crippen molar-refractivity contribution >= 4 is 33.8 Å². The largest absolute Gasteiger partial charge is 0.323 e. The molecule has 0 spiro atoms. The van der Waals surface area contributed by atoms with Gasteiger partial charge < -0.3 is 9.80 Å². The summed E-state index contributed by atoms with van der Waals surface area (Å²) in [5, 5.41) is 4.88. The molecular formula is C15H15N5O2S. The summed E-state index contributed by atoms with van der Waals surface area (Å²) in [5.74, 6) is -0.159. The van der Waals surface area contributed by atoms with Gasteiger partial charge in [-0.3, -0.25) is 15.1 Å². The van der Waals surface area contributed by atoms with Crippen LogP contribution < -0.4 is 5.43 Å². The lowest BCUT2D eigenvalue weighted by Crippen LogP contribution is -2.61. The number of fused-ring (bicyclic) bond motifs is 3. The third-order valence-electron chi connectivity index (χ3n) is 4.21. The molecule has 7 nitrogen and oxygen atoms in total. The Bertz CT molecular complexity index is 747. The van der Waals surface area contributed by atoms with Crippen LogP contribution in [-0.4, -0.2) is 58.2 Å². The molecule has 2 unspecified atom stereocenters. The van der Waals surface area contributed by atoms with Gasteiger partial charge in [-0.25, -0.2) is 4.79 Å². The van der Waals surface area contributed by atoms with Crippen LogP contribution in [0.3, 0.4) is 0 Å². The molecule has 0 radical (unpaired) electrons. The number of amides is 3. The lowest BCUT2D eigenvalue weighted by molar-refractivity contribution is -0.126. The number of nitrogens with one attached hydrogen (secondary N) is 1. The van der Waals surface area contributed by atoms with E-state index in [9.17, 15) is 9.59 Å². The van der Waals surface area contributed by atoms with Crippen molar-refractivity contribution < 1.29 is 9.59 Å². The Kier molecular flexibility index (Phi) is 3.08. The van der Waals surface area contributed by atoms with Gasteiger partial charge in [0.1, 0.15) is 0 Å². The van der Waals surface area contributed by atoms with Crippen LogP contribution in [0.4, 0.5) is 4.79 Å². The fraction of sp³-hybridized carbons (Fsp3) is 0.267. The summed E-state index contributed by atoms with van der Waals surface area (Å²) in [6.07, 6.45) is 0.874. The van der Waals surface area contributed by atoms with Gasteiger partial charge in [-0.15, -0.1) is 0 Å². The normalized spacial score (nSPS) is 26.4. The minimum absolute atomic E-state index is 0.139. The van der Waals surface area contributed by atoms with Crippen molar-refractivity contribution in [2.75, 3.05) is 14.1 Å². The number of hydrogen-bond donors (Lipinski definition) is 1. The second-order valence-corrected chi connectivity index (χ2v) is 6.58. The molecule has 1 aromatic carbocycles. The molecule has 1 fully saturated rings. The summed E-state index contributed by atoms with van der Waals surface area (Å²) < 4.78 is 0. The Morgan fingerprint density at radius 1 is 1.13 bits per heavy atom. The first kappa shape index (κ1) is 14.1. The molecule has 23 heavy (non-hydrogen) atoms. The number of likely N-dealkylation sites (N-methyl/N-ethyl adjacent to an activating group) is 2. The van der Waals surface area contributed by atoms with Gasteiger partial charge in [0.05, 0.1) is 0 Å². The van der Waals surface area contributed by atoms with Gasteiger partial charge in [0.15, 0.2) is 17.5 Å². The van der Waals surface area contributed by atoms with E-state index in [-0.39, 0.29) is 18.1 Å². The monoisotopic (exact) mass is 329 g/mol. The SMILES string of the molecule is CN1C(=O)N(C)C2C1NN=C1SC(c3ccccc3)=CC(=O)N12. The summed E-state index contributed by atoms with van der Waals surface area (Å²) >= 11 is 1.42. The molecule has 4 rings (SSSR count). The number of carbonyl (C=O) groups is 2. The molecule has 3 amide bonds. The number of thioether (sulfide) groups is 1. The Labute approximate surface area is 137 Å². The molecule has 1 N–H and O–H groups in total. The predicted octanol–water partition coefficient (Wildman–Crippen LogP) is 1.13. The molecule has 0 saturated carbocycles. The number of hydrazone groups is 1. The Balaban J connectivity index is 1.71. The van der Waals surface area contributed by atoms with Crippen LogP contribution >= 0.6 is 11.8 Å². The third-order valence-corrected chi connectivity index (χ3v) is 5.26. The molecule has 2 atom stereocenters. The zero-order valence-electron chi connectivity index (χ0n) is 12.6. The Morgan fingerprint density at radius 2 is 1.87 bits per heavy atom. The maximum atomic E-state index is 12.7. The second kappa shape index (κ2) is 5.02. The Morgan fingerprint density at radius 3 is 2.61 bits per heavy atom. The first-order chi connectivity index (χ1) is 11.1. The van der Waals surface area contributed by atoms with E-state index in [4.69, 9.17) is 0 Å². The fourth-order valence-electron chi connectivity index (χ4n) is 3.00. The van der Waals surface area contributed by atoms with Crippen molar-refractivity contribution in [3.05, 3.63) is 42.0 Å². The molecule has 3 aliphatic heterocycles. The number of nitrogens with zero attached hydrogens (tertiary/aromatic N) is 4. The van der Waals surface area contributed by atoms with Crippen LogP contribution in [0.25, 0.3) is 4.91 Å². The molecule has 3 heterocycles. The van der Waals surface area contributed by atoms with Crippen LogP contribution in [0.1, 0.15) is 5.56 Å². The quantitative estimate of drug-likeness (QED) is 0.838. The molecule has 1 saturated heterocycles. The summed E-state index contributed by atoms with van der Waals surface area (Å²) in [7, 11) is 3.40. The lowest BCUT2D eigenvalue weighted by atomic mass is 10.2. The summed E-state index contributed by atoms with van der Waals surface area (Å²) in [6.45, 7) is 0. The Hall–Kier alpha value is -2.48. The van der Waals surface area contributed by atoms with Crippen molar-refractivity contribution in [3.8, 4) is 0 Å². The van der Waals surface area contributed by atoms with E-state index < -0.39 is 6.17 Å². The highest BCUT2D eigenvalue weighted by Crippen LogP contribution is 2.38. The number of carbonyl (C=O) groups excluding carboxylic acids is 2. The molecule has 0 bridgehead atoms. The minimum Gasteiger partial charge on any atom is -0.303 e. The van der Waals surface area contributed by atoms with Crippen molar-refractivity contribution in [1.29, 1.82) is 0 Å². The van der Waals surface area contributed by atoms with Gasteiger partial charge in [-0.2, -0.15) is 5.10 Å². The maximum absolute atomic E-state index is 12.7. The van der Waals surface area contributed by atoms with E-state index in [0.717, 1.165) is 10.5 Å². The number of amidine groups is 1. The molecule has 118 valence electrons. The summed E-state index contributed by atoms with van der Waals surface area (Å²) in [4.78, 5) is 30.4. The van der Waals surface area contributed by atoms with Crippen molar-refractivity contribution in [3.63, 3.8) is 0 Å². The number of hydrogen-bond acceptors (Lipinski definition) is 5. The highest BCUT2D eigenvalue weighted by molar-refractivity contribution is 8.21. The standard InChI is InChI=1S/C15H15N5O2S/c1-18-12-13(19(2)15(18)22)20-11(21)8-10(23-14(20)17-16-12)9-6-4-3-5-7-9/h3-8,12-13,16H,1-2H3. The number of benzene rings is 1. The van der Waals surface area contributed by atoms with E-state index in [1.165, 1.54) is 11.8 Å². The predicted molar refractivity (Wildman–Crippen MR) is 87.9 cm³/mol. The van der Waals surface area contributed by atoms with Crippen molar-refractivity contribution in [2.24, 2.45) is 5.10 Å². The number of urea groups is 1. The zero-order chi connectivity index (χ0) is 16.1. The molecule has 1 aromatic rings. The second-order valence-electron chi connectivity index (χ2n) is 5.57. The van der Waals surface area contributed by atoms with Crippen molar-refractivity contribution in [2.45, 2.75) is 12.3 Å². The third kappa shape index (κ3) is 2.02. The van der Waals surface area contributed by atoms with Crippen LogP contribution in [0.2, 0.25) is 0 Å². The first-order valence-electron chi connectivity index (χ1n) is 7.19. The average Bonchev–Trinajstić information content (AvgIpc) is 2.80. The smallest absolute Gasteiger partial charge is 0.303 e. The minimum atomic E-state index is -0.395. The van der Waals surface area contributed by atoms with Gasteiger partial charge in [0.2, 0.25) is 0 Å². The molecule has 3 aliphatic rings. The van der Waals surface area contributed by atoms with Crippen LogP contribution in [-0.2, 0) is 4.79 Å². The van der Waals surface area contributed by atoms with E-state index in [1.54, 1.807) is 34.9 Å². The van der Waals surface area contributed by atoms with E-state index >= 15 is 0 Å². The zero-order valence-corrected chi connectivity index (χ0v) is 13.4. The van der Waals surface area contributed by atoms with E-state index in [1.807, 2.05) is 30.3 Å². The average molecular weight is 329 g/mol. The van der Waals surface area contributed by atoms with Gasteiger partial charge in [-0.1, -0.05) is 30.3 Å². The first-order valence-corrected chi connectivity index (χ1v) is 8.00. The van der Waals surface area contributed by atoms with Gasteiger partial charge in [0.25, 0.3) is 5.91 Å². The van der Waals surface area contributed by atoms with Crippen LogP contribution in [0, 0.1) is 0 Å². The maximum Gasteiger partial charge on any atom is 0.323 e. The fourth-order valence-corrected chi connectivity index (χ4v) is 4.00. The lowest BCUT2D eigenvalue weighted by Gasteiger charge is -2.40. The highest BCUT2D eigenvalue weighted by atomic mass is 32.2. The topological polar surface area (TPSA) is 68.2 Å². The van der Waals surface area contributed by atoms with Crippen LogP contribution in [0.15, 0.2) is 41.5 Å². The van der Waals surface area contributed by atoms with Crippen LogP contribution in [0.5, 0.6) is 0 Å². The highest BCUT2D eigenvalue weighted by Gasteiger charge is 2.51. The van der Waals surface area contributed by atoms with E-state index in [0.29, 0.717) is 5.17 Å². The molecule has 8 heteroatoms. The van der Waals surface area contributed by atoms with E-state index in [2.05, 4.69) is 10.5 Å². The molecule has 0 aliphatic carbocycles. The molecular weight excluding hydrogens is 314 g/mol. The van der Waals surface area contributed by atoms with Gasteiger partial charge >= 0.3 is 6.03 Å². The summed E-state index contributed by atoms with van der Waals surface area (Å²) in [5.41, 5.74) is 3.97. The van der Waals surface area contributed by atoms with Crippen molar-refractivity contribution in [1.82, 2.24) is 20.1 Å².